The van der Waals surface area contributed by atoms with Gasteiger partial charge in [-0.3, -0.25) is 0 Å². The van der Waals surface area contributed by atoms with Crippen LogP contribution in [-0.4, -0.2) is 24.9 Å². The molecule has 1 aliphatic carbocycles. The second kappa shape index (κ2) is 16.8. The van der Waals surface area contributed by atoms with Gasteiger partial charge in [0.15, 0.2) is 0 Å². The van der Waals surface area contributed by atoms with Crippen LogP contribution in [0.15, 0.2) is 0 Å². The van der Waals surface area contributed by atoms with Crippen molar-refractivity contribution < 1.29 is 9.84 Å². The van der Waals surface area contributed by atoms with E-state index in [1.807, 2.05) is 0 Å². The fraction of sp³-hybridized carbons (Fsp3) is 1.00. The highest BCUT2D eigenvalue weighted by atomic mass is 16.5. The Balaban J connectivity index is 1.67. The third-order valence-electron chi connectivity index (χ3n) is 5.36. The maximum atomic E-state index is 8.59. The summed E-state index contributed by atoms with van der Waals surface area (Å²) in [5.41, 5.74) is 0. The van der Waals surface area contributed by atoms with E-state index in [1.54, 1.807) is 0 Å². The molecule has 1 fully saturated rings. The molecular formula is C21H42O2. The highest BCUT2D eigenvalue weighted by molar-refractivity contribution is 4.65. The molecule has 23 heavy (non-hydrogen) atoms. The van der Waals surface area contributed by atoms with Crippen LogP contribution in [0.4, 0.5) is 0 Å². The SMILES string of the molecule is OCCOCCCCCCCCCCCCCC1CCCCC1. The van der Waals surface area contributed by atoms with Crippen LogP contribution in [0.5, 0.6) is 0 Å². The zero-order chi connectivity index (χ0) is 16.4. The van der Waals surface area contributed by atoms with Gasteiger partial charge in [0, 0.05) is 6.61 Å². The summed E-state index contributed by atoms with van der Waals surface area (Å²) in [6.07, 6.45) is 24.4. The summed E-state index contributed by atoms with van der Waals surface area (Å²) in [6.45, 7) is 1.47. The Morgan fingerprint density at radius 3 is 1.70 bits per heavy atom. The summed E-state index contributed by atoms with van der Waals surface area (Å²) >= 11 is 0. The van der Waals surface area contributed by atoms with Gasteiger partial charge in [-0.05, 0) is 12.3 Å². The highest BCUT2D eigenvalue weighted by Crippen LogP contribution is 2.28. The van der Waals surface area contributed by atoms with E-state index >= 15 is 0 Å². The molecule has 0 aromatic heterocycles. The van der Waals surface area contributed by atoms with Gasteiger partial charge in [0.2, 0.25) is 0 Å². The van der Waals surface area contributed by atoms with Gasteiger partial charge in [0.05, 0.1) is 13.2 Å². The average molecular weight is 327 g/mol. The van der Waals surface area contributed by atoms with Crippen LogP contribution < -0.4 is 0 Å². The molecule has 0 spiro atoms. The van der Waals surface area contributed by atoms with Crippen molar-refractivity contribution in [3.05, 3.63) is 0 Å². The minimum absolute atomic E-state index is 0.153. The summed E-state index contributed by atoms with van der Waals surface area (Å²) < 4.78 is 5.26. The summed E-state index contributed by atoms with van der Waals surface area (Å²) in [4.78, 5) is 0. The van der Waals surface area contributed by atoms with Crippen LogP contribution in [0, 0.1) is 5.92 Å². The molecule has 0 amide bonds. The molecule has 1 N–H and O–H groups in total. The Labute approximate surface area is 145 Å². The van der Waals surface area contributed by atoms with Crippen molar-refractivity contribution in [1.82, 2.24) is 0 Å². The van der Waals surface area contributed by atoms with Gasteiger partial charge in [-0.1, -0.05) is 103 Å². The molecule has 0 saturated heterocycles. The Morgan fingerprint density at radius 2 is 1.13 bits per heavy atom. The predicted molar refractivity (Wildman–Crippen MR) is 99.9 cm³/mol. The lowest BCUT2D eigenvalue weighted by molar-refractivity contribution is 0.0895. The van der Waals surface area contributed by atoms with Crippen LogP contribution >= 0.6 is 0 Å². The monoisotopic (exact) mass is 326 g/mol. The average Bonchev–Trinajstić information content (AvgIpc) is 2.59. The standard InChI is InChI=1S/C21H42O2/c22-18-20-23-19-14-9-7-5-3-1-2-4-6-8-11-15-21-16-12-10-13-17-21/h21-22H,1-20H2. The molecule has 138 valence electrons. The quantitative estimate of drug-likeness (QED) is 0.339. The van der Waals surface area contributed by atoms with Crippen molar-refractivity contribution in [2.75, 3.05) is 19.8 Å². The summed E-state index contributed by atoms with van der Waals surface area (Å²) in [5, 5.41) is 8.59. The maximum Gasteiger partial charge on any atom is 0.0697 e. The number of ether oxygens (including phenoxy) is 1. The maximum absolute atomic E-state index is 8.59. The fourth-order valence-corrected chi connectivity index (χ4v) is 3.87. The molecule has 0 bridgehead atoms. The lowest BCUT2D eigenvalue weighted by atomic mass is 9.85. The van der Waals surface area contributed by atoms with Crippen LogP contribution in [0.2, 0.25) is 0 Å². The van der Waals surface area contributed by atoms with E-state index in [2.05, 4.69) is 0 Å². The lowest BCUT2D eigenvalue weighted by Gasteiger charge is -2.21. The molecule has 1 saturated carbocycles. The Kier molecular flexibility index (Phi) is 15.3. The van der Waals surface area contributed by atoms with E-state index in [0.29, 0.717) is 6.61 Å². The largest absolute Gasteiger partial charge is 0.394 e. The first-order valence-corrected chi connectivity index (χ1v) is 10.6. The van der Waals surface area contributed by atoms with Crippen LogP contribution in [-0.2, 0) is 4.74 Å². The molecule has 0 aromatic carbocycles. The van der Waals surface area contributed by atoms with E-state index in [4.69, 9.17) is 9.84 Å². The zero-order valence-electron chi connectivity index (χ0n) is 15.6. The van der Waals surface area contributed by atoms with Gasteiger partial charge in [0.1, 0.15) is 0 Å². The van der Waals surface area contributed by atoms with Crippen LogP contribution in [0.3, 0.4) is 0 Å². The smallest absolute Gasteiger partial charge is 0.0697 e. The second-order valence-electron chi connectivity index (χ2n) is 7.52. The third kappa shape index (κ3) is 14.0. The molecule has 0 atom stereocenters. The van der Waals surface area contributed by atoms with E-state index in [1.165, 1.54) is 103 Å². The van der Waals surface area contributed by atoms with E-state index in [-0.39, 0.29) is 6.61 Å². The number of rotatable bonds is 16. The number of unbranched alkanes of at least 4 members (excludes halogenated alkanes) is 10. The van der Waals surface area contributed by atoms with E-state index in [9.17, 15) is 0 Å². The first kappa shape index (κ1) is 21.0. The topological polar surface area (TPSA) is 29.5 Å². The van der Waals surface area contributed by atoms with Crippen molar-refractivity contribution in [3.63, 3.8) is 0 Å². The molecule has 1 rings (SSSR count). The summed E-state index contributed by atoms with van der Waals surface area (Å²) in [5.74, 6) is 1.08. The molecule has 0 radical (unpaired) electrons. The predicted octanol–water partition coefficient (Wildman–Crippen LogP) is 6.26. The van der Waals surface area contributed by atoms with Gasteiger partial charge >= 0.3 is 0 Å². The Bertz CT molecular complexity index is 224. The molecule has 0 unspecified atom stereocenters. The summed E-state index contributed by atoms with van der Waals surface area (Å²) in [7, 11) is 0. The van der Waals surface area contributed by atoms with E-state index < -0.39 is 0 Å². The molecule has 0 aromatic rings. The van der Waals surface area contributed by atoms with E-state index in [0.717, 1.165) is 18.9 Å². The van der Waals surface area contributed by atoms with Crippen LogP contribution in [0.1, 0.15) is 109 Å². The first-order chi connectivity index (χ1) is 11.4. The Hall–Kier alpha value is -0.0800. The van der Waals surface area contributed by atoms with Gasteiger partial charge in [-0.25, -0.2) is 0 Å². The minimum Gasteiger partial charge on any atom is -0.394 e. The molecule has 1 aliphatic rings. The zero-order valence-corrected chi connectivity index (χ0v) is 15.6. The van der Waals surface area contributed by atoms with Crippen molar-refractivity contribution in [3.8, 4) is 0 Å². The summed E-state index contributed by atoms with van der Waals surface area (Å²) in [6, 6.07) is 0. The third-order valence-corrected chi connectivity index (χ3v) is 5.36. The number of hydrogen-bond acceptors (Lipinski definition) is 2. The molecule has 0 aliphatic heterocycles. The van der Waals surface area contributed by atoms with Crippen molar-refractivity contribution in [2.45, 2.75) is 109 Å². The molecular weight excluding hydrogens is 284 g/mol. The van der Waals surface area contributed by atoms with Crippen LogP contribution in [0.25, 0.3) is 0 Å². The first-order valence-electron chi connectivity index (χ1n) is 10.6. The normalized spacial score (nSPS) is 16.0. The number of hydrogen-bond donors (Lipinski definition) is 1. The van der Waals surface area contributed by atoms with Gasteiger partial charge in [-0.15, -0.1) is 0 Å². The molecule has 2 heteroatoms. The number of aliphatic hydroxyl groups excluding tert-OH is 1. The number of aliphatic hydroxyl groups is 1. The van der Waals surface area contributed by atoms with Crippen molar-refractivity contribution in [2.24, 2.45) is 5.92 Å². The van der Waals surface area contributed by atoms with Crippen molar-refractivity contribution in [1.29, 1.82) is 0 Å². The highest BCUT2D eigenvalue weighted by Gasteiger charge is 2.12. The Morgan fingerprint density at radius 1 is 0.609 bits per heavy atom. The lowest BCUT2D eigenvalue weighted by Crippen LogP contribution is -2.05. The van der Waals surface area contributed by atoms with Gasteiger partial charge in [-0.2, -0.15) is 0 Å². The molecule has 2 nitrogen and oxygen atoms in total. The van der Waals surface area contributed by atoms with Gasteiger partial charge < -0.3 is 9.84 Å². The minimum atomic E-state index is 0.153. The van der Waals surface area contributed by atoms with Gasteiger partial charge in [0.25, 0.3) is 0 Å². The molecule has 0 heterocycles. The second-order valence-corrected chi connectivity index (χ2v) is 7.52. The fourth-order valence-electron chi connectivity index (χ4n) is 3.87. The van der Waals surface area contributed by atoms with Crippen molar-refractivity contribution >= 4 is 0 Å².